The minimum atomic E-state index is -0.408. The monoisotopic (exact) mass is 593 g/mol. The minimum Gasteiger partial charge on any atom is -0.341 e. The SMILES string of the molecule is C=C(C1CCN(C(=O)c2ccc(C(=N)C(/C=C\C)=C/C(F)=C\C)c(C)c2)CC1)N(Cc1cccc(F)c1)c1ccccc1C. The molecule has 228 valence electrons. The quantitative estimate of drug-likeness (QED) is 0.188. The standard InChI is InChI=1S/C38H41F2N3O/c1-6-11-31(24-33(39)7-2)37(41)35-17-16-32(22-27(35)4)38(44)42-20-18-30(19-21-42)28(5)43(36-15-9-8-12-26(36)3)25-29-13-10-14-34(40)23-29/h6-17,22-24,30,41H,5,18-21,25H2,1-4H3/b11-6-,31-24+,33-7+,41-37?. The summed E-state index contributed by atoms with van der Waals surface area (Å²) in [6.07, 6.45) is 7.72. The Morgan fingerprint density at radius 3 is 2.39 bits per heavy atom. The van der Waals surface area contributed by atoms with Crippen molar-refractivity contribution in [2.24, 2.45) is 5.92 Å². The Morgan fingerprint density at radius 2 is 1.75 bits per heavy atom. The van der Waals surface area contributed by atoms with E-state index in [1.165, 1.54) is 18.2 Å². The predicted octanol–water partition coefficient (Wildman–Crippen LogP) is 9.26. The lowest BCUT2D eigenvalue weighted by Crippen LogP contribution is -2.40. The molecule has 0 unspecified atom stereocenters. The van der Waals surface area contributed by atoms with E-state index in [1.807, 2.05) is 43.0 Å². The van der Waals surface area contributed by atoms with Crippen molar-refractivity contribution >= 4 is 17.3 Å². The average Bonchev–Trinajstić information content (AvgIpc) is 3.03. The molecule has 0 aromatic heterocycles. The van der Waals surface area contributed by atoms with Crippen molar-refractivity contribution in [1.29, 1.82) is 5.41 Å². The van der Waals surface area contributed by atoms with Crippen LogP contribution in [0, 0.1) is 31.0 Å². The van der Waals surface area contributed by atoms with Crippen LogP contribution in [0.25, 0.3) is 0 Å². The molecule has 6 heteroatoms. The molecule has 1 saturated heterocycles. The second-order valence-corrected chi connectivity index (χ2v) is 11.2. The van der Waals surface area contributed by atoms with Crippen molar-refractivity contribution in [3.63, 3.8) is 0 Å². The van der Waals surface area contributed by atoms with Crippen LogP contribution in [0.4, 0.5) is 14.5 Å². The van der Waals surface area contributed by atoms with Gasteiger partial charge in [0.1, 0.15) is 11.6 Å². The number of amides is 1. The van der Waals surface area contributed by atoms with Crippen molar-refractivity contribution in [2.75, 3.05) is 18.0 Å². The van der Waals surface area contributed by atoms with Crippen LogP contribution >= 0.6 is 0 Å². The molecule has 4 rings (SSSR count). The molecule has 1 fully saturated rings. The highest BCUT2D eigenvalue weighted by Crippen LogP contribution is 2.33. The number of para-hydroxylation sites is 1. The van der Waals surface area contributed by atoms with E-state index in [0.717, 1.165) is 40.9 Å². The van der Waals surface area contributed by atoms with E-state index in [9.17, 15) is 13.6 Å². The van der Waals surface area contributed by atoms with Gasteiger partial charge in [0.25, 0.3) is 5.91 Å². The van der Waals surface area contributed by atoms with Gasteiger partial charge in [0.2, 0.25) is 0 Å². The van der Waals surface area contributed by atoms with Crippen LogP contribution in [-0.2, 0) is 6.54 Å². The third kappa shape index (κ3) is 7.67. The fourth-order valence-electron chi connectivity index (χ4n) is 5.69. The number of benzene rings is 3. The summed E-state index contributed by atoms with van der Waals surface area (Å²) < 4.78 is 28.0. The molecule has 3 aromatic carbocycles. The molecular weight excluding hydrogens is 552 g/mol. The van der Waals surface area contributed by atoms with Gasteiger partial charge < -0.3 is 9.80 Å². The number of aryl methyl sites for hydroxylation is 2. The van der Waals surface area contributed by atoms with E-state index in [1.54, 1.807) is 43.3 Å². The van der Waals surface area contributed by atoms with Crippen LogP contribution in [-0.4, -0.2) is 29.6 Å². The maximum Gasteiger partial charge on any atom is 0.253 e. The number of allylic oxidation sites excluding steroid dienone is 7. The average molecular weight is 594 g/mol. The molecule has 44 heavy (non-hydrogen) atoms. The van der Waals surface area contributed by atoms with Gasteiger partial charge in [-0.2, -0.15) is 0 Å². The lowest BCUT2D eigenvalue weighted by Gasteiger charge is -2.38. The Hall–Kier alpha value is -4.58. The summed E-state index contributed by atoms with van der Waals surface area (Å²) in [5.74, 6) is -0.544. The van der Waals surface area contributed by atoms with E-state index in [4.69, 9.17) is 5.41 Å². The number of anilines is 1. The Bertz CT molecular complexity index is 1630. The van der Waals surface area contributed by atoms with Crippen LogP contribution in [0.15, 0.2) is 115 Å². The molecular formula is C38H41F2N3O. The third-order valence-electron chi connectivity index (χ3n) is 8.18. The lowest BCUT2D eigenvalue weighted by molar-refractivity contribution is 0.0701. The zero-order chi connectivity index (χ0) is 31.8. The summed E-state index contributed by atoms with van der Waals surface area (Å²) in [5, 5.41) is 8.69. The smallest absolute Gasteiger partial charge is 0.253 e. The highest BCUT2D eigenvalue weighted by Gasteiger charge is 2.28. The molecule has 0 atom stereocenters. The lowest BCUT2D eigenvalue weighted by atomic mass is 9.91. The fraction of sp³-hybridized carbons (Fsp3) is 0.263. The number of halogens is 2. The van der Waals surface area contributed by atoms with Crippen LogP contribution < -0.4 is 4.90 Å². The number of carbonyl (C=O) groups is 1. The number of piperidine rings is 1. The predicted molar refractivity (Wildman–Crippen MR) is 177 cm³/mol. The summed E-state index contributed by atoms with van der Waals surface area (Å²) in [6, 6.07) is 20.1. The highest BCUT2D eigenvalue weighted by atomic mass is 19.1. The molecule has 3 aromatic rings. The molecule has 4 nitrogen and oxygen atoms in total. The molecule has 1 amide bonds. The van der Waals surface area contributed by atoms with Crippen LogP contribution in [0.1, 0.15) is 59.3 Å². The number of carbonyl (C=O) groups excluding carboxylic acids is 1. The summed E-state index contributed by atoms with van der Waals surface area (Å²) >= 11 is 0. The number of hydrogen-bond acceptors (Lipinski definition) is 3. The maximum atomic E-state index is 14.0. The Morgan fingerprint density at radius 1 is 1.02 bits per heavy atom. The van der Waals surface area contributed by atoms with Crippen LogP contribution in [0.3, 0.4) is 0 Å². The first-order chi connectivity index (χ1) is 21.1. The molecule has 0 radical (unpaired) electrons. The van der Waals surface area contributed by atoms with E-state index < -0.39 is 5.83 Å². The van der Waals surface area contributed by atoms with Crippen LogP contribution in [0.2, 0.25) is 0 Å². The van der Waals surface area contributed by atoms with Gasteiger partial charge in [-0.3, -0.25) is 10.2 Å². The van der Waals surface area contributed by atoms with Crippen LogP contribution in [0.5, 0.6) is 0 Å². The molecule has 1 aliphatic rings. The van der Waals surface area contributed by atoms with E-state index in [-0.39, 0.29) is 23.4 Å². The Balaban J connectivity index is 1.47. The number of nitrogens with one attached hydrogen (secondary N) is 1. The van der Waals surface area contributed by atoms with Gasteiger partial charge in [-0.15, -0.1) is 0 Å². The molecule has 1 N–H and O–H groups in total. The number of nitrogens with zero attached hydrogens (tertiary/aromatic N) is 2. The molecule has 0 saturated carbocycles. The first kappa shape index (κ1) is 32.3. The van der Waals surface area contributed by atoms with Gasteiger partial charge in [-0.1, -0.05) is 61.2 Å². The topological polar surface area (TPSA) is 47.4 Å². The third-order valence-corrected chi connectivity index (χ3v) is 8.18. The number of hydrogen-bond donors (Lipinski definition) is 1. The fourth-order valence-corrected chi connectivity index (χ4v) is 5.69. The Labute approximate surface area is 260 Å². The van der Waals surface area contributed by atoms with Gasteiger partial charge in [-0.25, -0.2) is 8.78 Å². The van der Waals surface area contributed by atoms with Gasteiger partial charge in [0, 0.05) is 53.6 Å². The molecule has 1 aliphatic heterocycles. The van der Waals surface area contributed by atoms with Crippen molar-refractivity contribution in [3.8, 4) is 0 Å². The first-order valence-corrected chi connectivity index (χ1v) is 15.0. The first-order valence-electron chi connectivity index (χ1n) is 15.0. The molecule has 1 heterocycles. The van der Waals surface area contributed by atoms with Gasteiger partial charge in [-0.05, 0) is 93.6 Å². The van der Waals surface area contributed by atoms with Gasteiger partial charge in [0.05, 0.1) is 5.71 Å². The summed E-state index contributed by atoms with van der Waals surface area (Å²) in [7, 11) is 0. The van der Waals surface area contributed by atoms with Crippen molar-refractivity contribution < 1.29 is 13.6 Å². The van der Waals surface area contributed by atoms with Gasteiger partial charge in [0.15, 0.2) is 0 Å². The minimum absolute atomic E-state index is 0.0463. The zero-order valence-electron chi connectivity index (χ0n) is 26.0. The molecule has 0 bridgehead atoms. The largest absolute Gasteiger partial charge is 0.341 e. The number of rotatable bonds is 10. The second kappa shape index (κ2) is 14.7. The van der Waals surface area contributed by atoms with E-state index in [2.05, 4.69) is 30.5 Å². The molecule has 0 spiro atoms. The van der Waals surface area contributed by atoms with Crippen molar-refractivity contribution in [2.45, 2.75) is 47.1 Å². The molecule has 0 aliphatic carbocycles. The van der Waals surface area contributed by atoms with Crippen molar-refractivity contribution in [3.05, 3.63) is 148 Å². The van der Waals surface area contributed by atoms with Crippen molar-refractivity contribution in [1.82, 2.24) is 4.90 Å². The van der Waals surface area contributed by atoms with E-state index >= 15 is 0 Å². The maximum absolute atomic E-state index is 14.0. The summed E-state index contributed by atoms with van der Waals surface area (Å²) in [5.41, 5.74) is 6.67. The Kier molecular flexibility index (Phi) is 10.8. The number of likely N-dealkylation sites (tertiary alicyclic amines) is 1. The summed E-state index contributed by atoms with van der Waals surface area (Å²) in [6.45, 7) is 13.6. The second-order valence-electron chi connectivity index (χ2n) is 11.2. The highest BCUT2D eigenvalue weighted by molar-refractivity contribution is 6.13. The van der Waals surface area contributed by atoms with Gasteiger partial charge >= 0.3 is 0 Å². The zero-order valence-corrected chi connectivity index (χ0v) is 26.0. The van der Waals surface area contributed by atoms with E-state index in [0.29, 0.717) is 36.3 Å². The normalized spacial score (nSPS) is 14.6. The summed E-state index contributed by atoms with van der Waals surface area (Å²) in [4.78, 5) is 17.6.